The zero-order valence-electron chi connectivity index (χ0n) is 10.3. The first kappa shape index (κ1) is 13.6. The van der Waals surface area contributed by atoms with Crippen LogP contribution < -0.4 is 4.74 Å². The fourth-order valence-electron chi connectivity index (χ4n) is 1.58. The Morgan fingerprint density at radius 3 is 2.42 bits per heavy atom. The Hall–Kier alpha value is -1.83. The number of hydrogen-bond donors (Lipinski definition) is 1. The van der Waals surface area contributed by atoms with Crippen LogP contribution >= 0.6 is 15.9 Å². The first-order valence-electron chi connectivity index (χ1n) is 5.75. The molecule has 0 unspecified atom stereocenters. The highest BCUT2D eigenvalue weighted by Crippen LogP contribution is 2.32. The van der Waals surface area contributed by atoms with Gasteiger partial charge in [-0.3, -0.25) is 0 Å². The van der Waals surface area contributed by atoms with Crippen LogP contribution in [0, 0.1) is 11.3 Å². The first-order chi connectivity index (χ1) is 9.10. The van der Waals surface area contributed by atoms with Crippen LogP contribution in [-0.2, 0) is 0 Å². The monoisotopic (exact) mass is 317 g/mol. The molecular weight excluding hydrogens is 306 g/mol. The second kappa shape index (κ2) is 5.87. The van der Waals surface area contributed by atoms with Gasteiger partial charge in [0.25, 0.3) is 0 Å². The van der Waals surface area contributed by atoms with E-state index in [2.05, 4.69) is 22.0 Å². The summed E-state index contributed by atoms with van der Waals surface area (Å²) in [7, 11) is 0. The van der Waals surface area contributed by atoms with Gasteiger partial charge in [0, 0.05) is 0 Å². The molecule has 2 aromatic rings. The van der Waals surface area contributed by atoms with E-state index < -0.39 is 6.10 Å². The lowest BCUT2D eigenvalue weighted by atomic mass is 10.1. The number of nitrogens with zero attached hydrogens (tertiary/aromatic N) is 1. The lowest BCUT2D eigenvalue weighted by molar-refractivity contribution is 0.199. The molecule has 2 aromatic carbocycles. The number of ether oxygens (including phenoxy) is 1. The molecule has 3 nitrogen and oxygen atoms in total. The number of benzene rings is 2. The molecule has 1 atom stereocenters. The fraction of sp³-hybridized carbons (Fsp3) is 0.133. The van der Waals surface area contributed by atoms with Crippen LogP contribution in [0.5, 0.6) is 11.5 Å². The number of hydrogen-bond acceptors (Lipinski definition) is 3. The van der Waals surface area contributed by atoms with E-state index in [9.17, 15) is 5.11 Å². The number of rotatable bonds is 3. The van der Waals surface area contributed by atoms with Crippen molar-refractivity contribution in [3.05, 3.63) is 58.1 Å². The SMILES string of the molecule is C[C@@H](O)c1ccc(Oc2ccc(C#N)cc2)c(Br)c1. The van der Waals surface area contributed by atoms with E-state index in [0.717, 1.165) is 10.0 Å². The maximum atomic E-state index is 9.49. The molecular formula is C15H12BrNO2. The van der Waals surface area contributed by atoms with Crippen molar-refractivity contribution >= 4 is 15.9 Å². The Bertz CT molecular complexity index is 615. The largest absolute Gasteiger partial charge is 0.456 e. The van der Waals surface area contributed by atoms with Gasteiger partial charge in [-0.25, -0.2) is 0 Å². The van der Waals surface area contributed by atoms with Gasteiger partial charge >= 0.3 is 0 Å². The lowest BCUT2D eigenvalue weighted by Gasteiger charge is -2.10. The van der Waals surface area contributed by atoms with Gasteiger partial charge in [-0.2, -0.15) is 5.26 Å². The minimum absolute atomic E-state index is 0.514. The summed E-state index contributed by atoms with van der Waals surface area (Å²) in [4.78, 5) is 0. The second-order valence-electron chi connectivity index (χ2n) is 4.10. The van der Waals surface area contributed by atoms with Crippen LogP contribution in [0.2, 0.25) is 0 Å². The summed E-state index contributed by atoms with van der Waals surface area (Å²) in [6.07, 6.45) is -0.514. The van der Waals surface area contributed by atoms with Gasteiger partial charge in [0.05, 0.1) is 22.2 Å². The minimum atomic E-state index is -0.514. The van der Waals surface area contributed by atoms with Gasteiger partial charge in [0.1, 0.15) is 11.5 Å². The van der Waals surface area contributed by atoms with E-state index in [-0.39, 0.29) is 0 Å². The van der Waals surface area contributed by atoms with Crippen LogP contribution in [0.3, 0.4) is 0 Å². The van der Waals surface area contributed by atoms with Gasteiger partial charge in [0.15, 0.2) is 0 Å². The van der Waals surface area contributed by atoms with E-state index in [1.807, 2.05) is 12.1 Å². The summed E-state index contributed by atoms with van der Waals surface area (Å²) < 4.78 is 6.48. The average molecular weight is 318 g/mol. The smallest absolute Gasteiger partial charge is 0.141 e. The second-order valence-corrected chi connectivity index (χ2v) is 4.96. The molecule has 4 heteroatoms. The Morgan fingerprint density at radius 1 is 1.21 bits per heavy atom. The highest BCUT2D eigenvalue weighted by atomic mass is 79.9. The van der Waals surface area contributed by atoms with Crippen LogP contribution in [0.1, 0.15) is 24.2 Å². The molecule has 0 saturated carbocycles. The number of aliphatic hydroxyl groups excluding tert-OH is 1. The molecule has 0 aliphatic carbocycles. The highest BCUT2D eigenvalue weighted by Gasteiger charge is 2.07. The predicted octanol–water partition coefficient (Wildman–Crippen LogP) is 4.17. The molecule has 0 saturated heterocycles. The highest BCUT2D eigenvalue weighted by molar-refractivity contribution is 9.10. The summed E-state index contributed by atoms with van der Waals surface area (Å²) in [5.74, 6) is 1.32. The van der Waals surface area contributed by atoms with Crippen molar-refractivity contribution < 1.29 is 9.84 Å². The van der Waals surface area contributed by atoms with Crippen LogP contribution in [0.25, 0.3) is 0 Å². The van der Waals surface area contributed by atoms with Crippen molar-refractivity contribution in [2.24, 2.45) is 0 Å². The molecule has 0 aliphatic heterocycles. The summed E-state index contributed by atoms with van der Waals surface area (Å²) in [6.45, 7) is 1.71. The normalized spacial score (nSPS) is 11.7. The molecule has 96 valence electrons. The van der Waals surface area contributed by atoms with E-state index in [0.29, 0.717) is 17.1 Å². The average Bonchev–Trinajstić information content (AvgIpc) is 2.41. The first-order valence-corrected chi connectivity index (χ1v) is 6.55. The van der Waals surface area contributed by atoms with Gasteiger partial charge < -0.3 is 9.84 Å². The third-order valence-corrected chi connectivity index (χ3v) is 3.27. The minimum Gasteiger partial charge on any atom is -0.456 e. The third kappa shape index (κ3) is 3.34. The zero-order valence-corrected chi connectivity index (χ0v) is 11.9. The number of aliphatic hydroxyl groups is 1. The molecule has 0 bridgehead atoms. The van der Waals surface area contributed by atoms with Crippen molar-refractivity contribution in [3.63, 3.8) is 0 Å². The van der Waals surface area contributed by atoms with Crippen LogP contribution in [-0.4, -0.2) is 5.11 Å². The summed E-state index contributed by atoms with van der Waals surface area (Å²) >= 11 is 3.41. The van der Waals surface area contributed by atoms with Gasteiger partial charge in [-0.15, -0.1) is 0 Å². The molecule has 0 spiro atoms. The number of halogens is 1. The van der Waals surface area contributed by atoms with Gasteiger partial charge in [-0.05, 0) is 64.8 Å². The quantitative estimate of drug-likeness (QED) is 0.924. The standard InChI is InChI=1S/C15H12BrNO2/c1-10(18)12-4-7-15(14(16)8-12)19-13-5-2-11(9-17)3-6-13/h2-8,10,18H,1H3/t10-/m1/s1. The Balaban J connectivity index is 2.21. The topological polar surface area (TPSA) is 53.2 Å². The molecule has 0 heterocycles. The van der Waals surface area contributed by atoms with Crippen LogP contribution in [0.15, 0.2) is 46.9 Å². The zero-order chi connectivity index (χ0) is 13.8. The van der Waals surface area contributed by atoms with E-state index >= 15 is 0 Å². The summed E-state index contributed by atoms with van der Waals surface area (Å²) in [6, 6.07) is 14.4. The van der Waals surface area contributed by atoms with Crippen molar-refractivity contribution in [1.29, 1.82) is 5.26 Å². The maximum Gasteiger partial charge on any atom is 0.141 e. The number of nitriles is 1. The lowest BCUT2D eigenvalue weighted by Crippen LogP contribution is -1.92. The van der Waals surface area contributed by atoms with E-state index in [1.54, 1.807) is 37.3 Å². The Morgan fingerprint density at radius 2 is 1.89 bits per heavy atom. The molecule has 0 aromatic heterocycles. The van der Waals surface area contributed by atoms with Crippen molar-refractivity contribution in [1.82, 2.24) is 0 Å². The van der Waals surface area contributed by atoms with Crippen molar-refractivity contribution in [2.75, 3.05) is 0 Å². The fourth-order valence-corrected chi connectivity index (χ4v) is 2.06. The third-order valence-electron chi connectivity index (χ3n) is 2.65. The maximum absolute atomic E-state index is 9.49. The molecule has 19 heavy (non-hydrogen) atoms. The van der Waals surface area contributed by atoms with Crippen LogP contribution in [0.4, 0.5) is 0 Å². The molecule has 2 rings (SSSR count). The molecule has 0 radical (unpaired) electrons. The Kier molecular flexibility index (Phi) is 4.20. The summed E-state index contributed by atoms with van der Waals surface area (Å²) in [5, 5.41) is 18.2. The van der Waals surface area contributed by atoms with Gasteiger partial charge in [0.2, 0.25) is 0 Å². The van der Waals surface area contributed by atoms with Crippen molar-refractivity contribution in [2.45, 2.75) is 13.0 Å². The molecule has 1 N–H and O–H groups in total. The molecule has 0 aliphatic rings. The van der Waals surface area contributed by atoms with E-state index in [4.69, 9.17) is 10.00 Å². The Labute approximate surface area is 120 Å². The van der Waals surface area contributed by atoms with E-state index in [1.165, 1.54) is 0 Å². The molecule has 0 amide bonds. The molecule has 0 fully saturated rings. The summed E-state index contributed by atoms with van der Waals surface area (Å²) in [5.41, 5.74) is 1.41. The van der Waals surface area contributed by atoms with Crippen molar-refractivity contribution in [3.8, 4) is 17.6 Å². The predicted molar refractivity (Wildman–Crippen MR) is 76.0 cm³/mol. The van der Waals surface area contributed by atoms with Gasteiger partial charge in [-0.1, -0.05) is 6.07 Å².